The molecule has 1 rings (SSSR count). The van der Waals surface area contributed by atoms with E-state index in [4.69, 9.17) is 0 Å². The number of rotatable bonds is 6. The first-order valence-electron chi connectivity index (χ1n) is 4.84. The monoisotopic (exact) mass is 261 g/mol. The summed E-state index contributed by atoms with van der Waals surface area (Å²) in [6.45, 7) is -0.485. The van der Waals surface area contributed by atoms with Gasteiger partial charge in [0.05, 0.1) is 18.1 Å². The average molecular weight is 261 g/mol. The molecule has 0 aromatic heterocycles. The van der Waals surface area contributed by atoms with Crippen LogP contribution in [0.3, 0.4) is 0 Å². The Bertz CT molecular complexity index is 311. The Labute approximate surface area is 92.1 Å². The molecule has 0 unspecified atom stereocenters. The van der Waals surface area contributed by atoms with Gasteiger partial charge in [0.15, 0.2) is 9.84 Å². The summed E-state index contributed by atoms with van der Waals surface area (Å²) in [4.78, 5) is 0. The Kier molecular flexibility index (Phi) is 4.57. The topological polar surface area (TPSA) is 55.4 Å². The highest BCUT2D eigenvalue weighted by Crippen LogP contribution is 2.14. The Morgan fingerprint density at radius 3 is 2.38 bits per heavy atom. The summed E-state index contributed by atoms with van der Waals surface area (Å²) in [6, 6.07) is 0. The highest BCUT2D eigenvalue weighted by Gasteiger charge is 2.28. The van der Waals surface area contributed by atoms with Gasteiger partial charge in [-0.2, -0.15) is 13.2 Å². The van der Waals surface area contributed by atoms with Gasteiger partial charge in [0.1, 0.15) is 6.61 Å². The number of hydrogen-bond donors (Lipinski definition) is 1. The van der Waals surface area contributed by atoms with E-state index in [0.717, 1.165) is 0 Å². The van der Waals surface area contributed by atoms with Crippen molar-refractivity contribution < 1.29 is 26.3 Å². The van der Waals surface area contributed by atoms with Gasteiger partial charge in [0, 0.05) is 13.1 Å². The standard InChI is InChI=1S/C8H14F3NO3S/c9-8(10,11)6-15-1-2-16(13,14)5-7-3-12-4-7/h7,12H,1-6H2. The van der Waals surface area contributed by atoms with Gasteiger partial charge >= 0.3 is 6.18 Å². The van der Waals surface area contributed by atoms with Gasteiger partial charge in [0.25, 0.3) is 0 Å². The Morgan fingerprint density at radius 1 is 1.31 bits per heavy atom. The van der Waals surface area contributed by atoms with E-state index in [9.17, 15) is 21.6 Å². The molecule has 1 heterocycles. The molecule has 4 nitrogen and oxygen atoms in total. The normalized spacial score (nSPS) is 18.4. The van der Waals surface area contributed by atoms with Crippen molar-refractivity contribution in [3.05, 3.63) is 0 Å². The summed E-state index contributed by atoms with van der Waals surface area (Å²) in [6.07, 6.45) is -4.40. The zero-order valence-corrected chi connectivity index (χ0v) is 9.40. The van der Waals surface area contributed by atoms with Gasteiger partial charge in [-0.1, -0.05) is 0 Å². The lowest BCUT2D eigenvalue weighted by molar-refractivity contribution is -0.172. The zero-order chi connectivity index (χ0) is 12.2. The third kappa shape index (κ3) is 5.66. The van der Waals surface area contributed by atoms with E-state index in [-0.39, 0.29) is 17.4 Å². The molecule has 1 aliphatic heterocycles. The SMILES string of the molecule is O=S(=O)(CCOCC(F)(F)F)CC1CNC1. The maximum absolute atomic E-state index is 11.7. The first-order chi connectivity index (χ1) is 7.29. The lowest BCUT2D eigenvalue weighted by Crippen LogP contribution is -2.46. The summed E-state index contributed by atoms with van der Waals surface area (Å²) in [7, 11) is -3.29. The minimum absolute atomic E-state index is 0.0232. The molecule has 0 atom stereocenters. The van der Waals surface area contributed by atoms with Crippen molar-refractivity contribution in [1.29, 1.82) is 0 Å². The van der Waals surface area contributed by atoms with Gasteiger partial charge in [-0.3, -0.25) is 0 Å². The number of ether oxygens (including phenoxy) is 1. The van der Waals surface area contributed by atoms with Crippen molar-refractivity contribution in [2.45, 2.75) is 6.18 Å². The van der Waals surface area contributed by atoms with E-state index in [1.165, 1.54) is 0 Å². The van der Waals surface area contributed by atoms with Crippen LogP contribution in [0.1, 0.15) is 0 Å². The molecule has 0 saturated carbocycles. The highest BCUT2D eigenvalue weighted by molar-refractivity contribution is 7.91. The van der Waals surface area contributed by atoms with Gasteiger partial charge in [-0.25, -0.2) is 8.42 Å². The van der Waals surface area contributed by atoms with Crippen molar-refractivity contribution in [3.63, 3.8) is 0 Å². The van der Waals surface area contributed by atoms with Crippen molar-refractivity contribution in [2.24, 2.45) is 5.92 Å². The van der Waals surface area contributed by atoms with Gasteiger partial charge in [-0.15, -0.1) is 0 Å². The molecule has 0 amide bonds. The quantitative estimate of drug-likeness (QED) is 0.694. The molecule has 0 spiro atoms. The second kappa shape index (κ2) is 5.33. The van der Waals surface area contributed by atoms with E-state index >= 15 is 0 Å². The molecular formula is C8H14F3NO3S. The molecule has 1 aliphatic rings. The number of halogens is 3. The third-order valence-electron chi connectivity index (χ3n) is 2.16. The van der Waals surface area contributed by atoms with Crippen LogP contribution in [0.2, 0.25) is 0 Å². The molecule has 16 heavy (non-hydrogen) atoms. The fourth-order valence-corrected chi connectivity index (χ4v) is 2.77. The van der Waals surface area contributed by atoms with Gasteiger partial charge in [-0.05, 0) is 5.92 Å². The molecule has 0 aromatic rings. The van der Waals surface area contributed by atoms with Gasteiger partial charge < -0.3 is 10.1 Å². The molecule has 96 valence electrons. The number of alkyl halides is 3. The first-order valence-corrected chi connectivity index (χ1v) is 6.66. The molecule has 1 N–H and O–H groups in total. The van der Waals surface area contributed by atoms with Crippen molar-refractivity contribution >= 4 is 9.84 Å². The molecule has 0 aromatic carbocycles. The lowest BCUT2D eigenvalue weighted by atomic mass is 10.1. The molecule has 0 radical (unpaired) electrons. The molecule has 8 heteroatoms. The fraction of sp³-hybridized carbons (Fsp3) is 1.00. The van der Waals surface area contributed by atoms with Crippen LogP contribution in [0.25, 0.3) is 0 Å². The van der Waals surface area contributed by atoms with Crippen LogP contribution < -0.4 is 5.32 Å². The fourth-order valence-electron chi connectivity index (χ4n) is 1.28. The Hall–Kier alpha value is -0.340. The second-order valence-electron chi connectivity index (χ2n) is 3.81. The van der Waals surface area contributed by atoms with Crippen molar-refractivity contribution in [2.75, 3.05) is 37.8 Å². The van der Waals surface area contributed by atoms with E-state index in [0.29, 0.717) is 13.1 Å². The van der Waals surface area contributed by atoms with E-state index in [2.05, 4.69) is 10.1 Å². The molecule has 1 fully saturated rings. The van der Waals surface area contributed by atoms with E-state index < -0.39 is 29.2 Å². The minimum atomic E-state index is -4.40. The van der Waals surface area contributed by atoms with Crippen LogP contribution in [0, 0.1) is 5.92 Å². The largest absolute Gasteiger partial charge is 0.411 e. The van der Waals surface area contributed by atoms with Crippen LogP contribution >= 0.6 is 0 Å². The van der Waals surface area contributed by atoms with Crippen LogP contribution in [0.15, 0.2) is 0 Å². The summed E-state index contributed by atoms with van der Waals surface area (Å²) < 4.78 is 62.0. The van der Waals surface area contributed by atoms with Crippen molar-refractivity contribution in [1.82, 2.24) is 5.32 Å². The van der Waals surface area contributed by atoms with Crippen molar-refractivity contribution in [3.8, 4) is 0 Å². The highest BCUT2D eigenvalue weighted by atomic mass is 32.2. The Balaban J connectivity index is 2.15. The van der Waals surface area contributed by atoms with Crippen LogP contribution in [-0.2, 0) is 14.6 Å². The first kappa shape index (κ1) is 13.7. The third-order valence-corrected chi connectivity index (χ3v) is 3.93. The predicted octanol–water partition coefficient (Wildman–Crippen LogP) is 0.200. The minimum Gasteiger partial charge on any atom is -0.371 e. The summed E-state index contributed by atoms with van der Waals surface area (Å²) in [5.74, 6) is -0.234. The lowest BCUT2D eigenvalue weighted by Gasteiger charge is -2.26. The van der Waals surface area contributed by atoms with Crippen LogP contribution in [0.4, 0.5) is 13.2 Å². The summed E-state index contributed by atoms with van der Waals surface area (Å²) >= 11 is 0. The molecular weight excluding hydrogens is 247 g/mol. The summed E-state index contributed by atoms with van der Waals surface area (Å²) in [5, 5.41) is 2.93. The molecule has 1 saturated heterocycles. The van der Waals surface area contributed by atoms with E-state index in [1.54, 1.807) is 0 Å². The molecule has 0 aliphatic carbocycles. The smallest absolute Gasteiger partial charge is 0.371 e. The number of nitrogens with one attached hydrogen (secondary N) is 1. The van der Waals surface area contributed by atoms with Crippen LogP contribution in [0.5, 0.6) is 0 Å². The van der Waals surface area contributed by atoms with Crippen LogP contribution in [-0.4, -0.2) is 52.4 Å². The average Bonchev–Trinajstić information content (AvgIpc) is 2.05. The van der Waals surface area contributed by atoms with E-state index in [1.807, 2.05) is 0 Å². The number of sulfone groups is 1. The maximum atomic E-state index is 11.7. The summed E-state index contributed by atoms with van der Waals surface area (Å²) in [5.41, 5.74) is 0. The number of hydrogen-bond acceptors (Lipinski definition) is 4. The zero-order valence-electron chi connectivity index (χ0n) is 8.59. The Morgan fingerprint density at radius 2 is 1.94 bits per heavy atom. The predicted molar refractivity (Wildman–Crippen MR) is 51.9 cm³/mol. The second-order valence-corrected chi connectivity index (χ2v) is 6.04. The molecule has 0 bridgehead atoms. The van der Waals surface area contributed by atoms with Gasteiger partial charge in [0.2, 0.25) is 0 Å². The maximum Gasteiger partial charge on any atom is 0.411 e.